The molecule has 38 heavy (non-hydrogen) atoms. The van der Waals surface area contributed by atoms with Crippen LogP contribution in [0.5, 0.6) is 0 Å². The van der Waals surface area contributed by atoms with E-state index >= 15 is 0 Å². The van der Waals surface area contributed by atoms with Crippen molar-refractivity contribution in [3.63, 3.8) is 0 Å². The van der Waals surface area contributed by atoms with E-state index < -0.39 is 25.1 Å². The molecule has 0 aromatic heterocycles. The first-order valence-electron chi connectivity index (χ1n) is 2.27. The molecule has 5 N–H and O–H groups in total. The van der Waals surface area contributed by atoms with Crippen LogP contribution in [0.2, 0.25) is 0 Å². The third-order valence-electron chi connectivity index (χ3n) is 0. The van der Waals surface area contributed by atoms with Crippen molar-refractivity contribution in [3.8, 4) is 0 Å². The molecule has 0 heterocycles. The van der Waals surface area contributed by atoms with Crippen molar-refractivity contribution in [2.45, 2.75) is 104 Å². The van der Waals surface area contributed by atoms with Crippen molar-refractivity contribution in [3.05, 3.63) is 19.9 Å². The maximum absolute atomic E-state index is 9.00. The number of hydrogen-bond donors (Lipinski definition) is 3. The fourth-order valence-corrected chi connectivity index (χ4v) is 0. The van der Waals surface area contributed by atoms with Crippen molar-refractivity contribution in [1.82, 2.24) is 0 Å². The van der Waals surface area contributed by atoms with E-state index in [1.807, 2.05) is 0 Å². The summed E-state index contributed by atoms with van der Waals surface area (Å²) >= 11 is 0. The minimum Gasteiger partial charge on any atom is -0.594 e. The number of hydrogen-bond acceptors (Lipinski definition) is 9. The van der Waals surface area contributed by atoms with Gasteiger partial charge in [-0.15, -0.1) is 0 Å². The first-order valence-corrected chi connectivity index (χ1v) is 9.42. The lowest BCUT2D eigenvalue weighted by atomic mass is 12.0. The molecule has 0 aromatic rings. The highest BCUT2D eigenvalue weighted by Crippen LogP contribution is 2.15. The molecule has 0 aliphatic rings. The Kier molecular flexibility index (Phi) is 8040. The summed E-state index contributed by atoms with van der Waals surface area (Å²) in [6.07, 6.45) is 0. The monoisotopic (exact) mass is 815 g/mol. The molecule has 0 radical (unpaired) electrons. The molecule has 12 nitrogen and oxygen atoms in total. The summed E-state index contributed by atoms with van der Waals surface area (Å²) in [4.78, 5) is 57.9. The smallest absolute Gasteiger partial charge is 0.324 e. The fourth-order valence-electron chi connectivity index (χ4n) is 0. The van der Waals surface area contributed by atoms with Crippen molar-refractivity contribution in [1.29, 1.82) is 0 Å². The van der Waals surface area contributed by atoms with E-state index in [0.29, 0.717) is 0 Å². The Morgan fingerprint density at radius 1 is 0.526 bits per heavy atom. The van der Waals surface area contributed by atoms with E-state index in [9.17, 15) is 0 Å². The summed E-state index contributed by atoms with van der Waals surface area (Å²) in [5, 5.41) is 0. The molecule has 0 spiro atoms. The Labute approximate surface area is 272 Å². The van der Waals surface area contributed by atoms with Crippen molar-refractivity contribution >= 4 is 111 Å². The molecule has 0 aromatic carbocycles. The van der Waals surface area contributed by atoms with E-state index in [-0.39, 0.29) is 159 Å². The van der Waals surface area contributed by atoms with E-state index in [2.05, 4.69) is 17.9 Å². The van der Waals surface area contributed by atoms with Gasteiger partial charge in [0.15, 0.2) is 0 Å². The normalized spacial score (nSPS) is 2.79. The van der Waals surface area contributed by atoms with Gasteiger partial charge >= 0.3 is 25.1 Å². The number of rotatable bonds is 0. The molecule has 24 heteroatoms. The van der Waals surface area contributed by atoms with Crippen molar-refractivity contribution in [2.75, 3.05) is 0 Å². The highest BCUT2D eigenvalue weighted by molar-refractivity contribution is 8.02. The quantitative estimate of drug-likeness (QED) is 0.195. The van der Waals surface area contributed by atoms with E-state index in [0.717, 1.165) is 0 Å². The molecule has 0 saturated carbocycles. The summed E-state index contributed by atoms with van der Waals surface area (Å²) in [5.41, 5.74) is 0. The molecular formula is C14H83O12P12-. The van der Waals surface area contributed by atoms with Gasteiger partial charge in [-0.05, 0) is 9.47 Å². The lowest BCUT2D eigenvalue weighted by Gasteiger charge is -1.59. The highest BCUT2D eigenvalue weighted by Gasteiger charge is 1.69. The third-order valence-corrected chi connectivity index (χ3v) is 0. The van der Waals surface area contributed by atoms with Gasteiger partial charge in [-0.1, -0.05) is 109 Å². The molecule has 0 aliphatic heterocycles. The Morgan fingerprint density at radius 3 is 0.526 bits per heavy atom. The lowest BCUT2D eigenvalue weighted by Crippen LogP contribution is -1.72. The van der Waals surface area contributed by atoms with Gasteiger partial charge in [0.25, 0.3) is 0 Å². The fraction of sp³-hybridized carbons (Fsp3) is 1.00. The summed E-state index contributed by atoms with van der Waals surface area (Å²) in [5.74, 6) is 0. The van der Waals surface area contributed by atoms with Gasteiger partial charge in [0.05, 0.1) is 0 Å². The molecule has 9 atom stereocenters. The molecule has 0 rings (SSSR count). The maximum Gasteiger partial charge on any atom is 0.324 e. The molecule has 0 amide bonds. The van der Waals surface area contributed by atoms with E-state index in [1.165, 1.54) is 9.47 Å². The molecular weight excluding hydrogens is 732 g/mol. The second-order valence-electron chi connectivity index (χ2n) is 0.449. The predicted octanol–water partition coefficient (Wildman–Crippen LogP) is 9.44. The molecule has 272 valence electrons. The van der Waals surface area contributed by atoms with Crippen LogP contribution < -0.4 is 4.89 Å². The molecule has 0 saturated heterocycles. The van der Waals surface area contributed by atoms with Crippen LogP contribution in [0.1, 0.15) is 104 Å². The summed E-state index contributed by atoms with van der Waals surface area (Å²) in [6, 6.07) is 0. The first kappa shape index (κ1) is 331. The Bertz CT molecular complexity index is 147. The minimum absolute atomic E-state index is 0. The Morgan fingerprint density at radius 2 is 0.526 bits per heavy atom. The van der Waals surface area contributed by atoms with Gasteiger partial charge < -0.3 is 42.9 Å². The second-order valence-corrected chi connectivity index (χ2v) is 2.61. The minimum atomic E-state index is -2.20. The standard InChI is InChI=1S/14CH4.H2O2P2.2HO2P.2O2.H3OP.H2O.H3P2.5H3P/c;;;;;;;;;;;;;;1-4(2)3;2*1-3-2;3*1-2;;1-2;;;;;/h14*1H4;3H2;2*(H,1,2);;;1H,2H2;1H2;1H,2H2;5*1H3/q;;;;;;;;;;;;;;;;;;;;;-1;;;;;. The largest absolute Gasteiger partial charge is 0.594 e. The first-order chi connectivity index (χ1) is 8.56. The third kappa shape index (κ3) is 5680. The van der Waals surface area contributed by atoms with Gasteiger partial charge in [-0.3, -0.25) is 0 Å². The topological polar surface area (TPSA) is 235 Å². The van der Waals surface area contributed by atoms with Gasteiger partial charge in [-0.25, -0.2) is 9.13 Å². The summed E-state index contributed by atoms with van der Waals surface area (Å²) in [7, 11) is 4.27. The lowest BCUT2D eigenvalue weighted by molar-refractivity contribution is -0.157. The average molecular weight is 815 g/mol. The maximum atomic E-state index is 9.00. The summed E-state index contributed by atoms with van der Waals surface area (Å²) < 4.78 is 25.9. The zero-order chi connectivity index (χ0) is 17.0. The Balaban J connectivity index is -0.00000000138. The average Bonchev–Trinajstić information content (AvgIpc) is 2.39. The van der Waals surface area contributed by atoms with Crippen LogP contribution in [0.25, 0.3) is 0 Å². The van der Waals surface area contributed by atoms with Crippen LogP contribution in [-0.2, 0) is 13.7 Å². The predicted molar refractivity (Wildman–Crippen MR) is 234 cm³/mol. The van der Waals surface area contributed by atoms with Gasteiger partial charge in [0.1, 0.15) is 8.93 Å². The molecule has 0 aliphatic carbocycles. The van der Waals surface area contributed by atoms with Crippen LogP contribution in [-0.4, -0.2) is 20.2 Å². The SMILES string of the molecule is C.C.C.C.C.C.C.C.C.C.C.C.C.C.O.O=O.O=O.O=PO.O=PO.O=[P+]([O-])P.OP.P.P.P.P.P.[PH-]P. The zero-order valence-corrected chi connectivity index (χ0v) is 26.4. The molecule has 9 unspecified atom stereocenters. The highest BCUT2D eigenvalue weighted by atomic mass is 32.0. The summed E-state index contributed by atoms with van der Waals surface area (Å²) in [6.45, 7) is 0. The van der Waals surface area contributed by atoms with Crippen molar-refractivity contribution < 1.29 is 38.7 Å². The van der Waals surface area contributed by atoms with Crippen LogP contribution >= 0.6 is 111 Å². The van der Waals surface area contributed by atoms with Crippen molar-refractivity contribution in [2.24, 2.45) is 0 Å². The van der Waals surface area contributed by atoms with Gasteiger partial charge in [-0.2, -0.15) is 49.5 Å². The van der Waals surface area contributed by atoms with Crippen LogP contribution in [0.4, 0.5) is 0 Å². The van der Waals surface area contributed by atoms with E-state index in [1.54, 1.807) is 8.93 Å². The van der Waals surface area contributed by atoms with Crippen LogP contribution in [0.15, 0.2) is 0 Å². The van der Waals surface area contributed by atoms with Crippen LogP contribution in [0, 0.1) is 19.9 Å². The van der Waals surface area contributed by atoms with Gasteiger partial charge in [0, 0.05) is 19.9 Å². The zero-order valence-electron chi connectivity index (χ0n) is 12.2. The molecule has 0 bridgehead atoms. The Hall–Kier alpha value is 3.17. The van der Waals surface area contributed by atoms with Crippen LogP contribution in [0.3, 0.4) is 0 Å². The molecule has 0 fully saturated rings. The second kappa shape index (κ2) is 923. The van der Waals surface area contributed by atoms with E-state index in [4.69, 9.17) is 53.1 Å². The van der Waals surface area contributed by atoms with Gasteiger partial charge in [0.2, 0.25) is 0 Å².